The standard InChI is InChI=1S/C31H36O5/c1-5-34-30(31(33)35-6-2)20-24-10-16-29(17-11-24)36-19-18-22(3)25-12-14-26(15-13-25)28-9-7-8-27(21-28)23(4)32/h7-18,21,23,30,32H,5-6,19-20H2,1-4H3/b22-18+. The molecule has 3 rings (SSSR count). The Labute approximate surface area is 214 Å². The van der Waals surface area contributed by atoms with E-state index in [1.54, 1.807) is 13.8 Å². The van der Waals surface area contributed by atoms with Crippen molar-refractivity contribution in [3.63, 3.8) is 0 Å². The van der Waals surface area contributed by atoms with Gasteiger partial charge in [0.2, 0.25) is 0 Å². The van der Waals surface area contributed by atoms with Crippen LogP contribution in [-0.2, 0) is 20.7 Å². The molecule has 36 heavy (non-hydrogen) atoms. The highest BCUT2D eigenvalue weighted by Crippen LogP contribution is 2.25. The Bertz CT molecular complexity index is 1130. The second kappa shape index (κ2) is 13.6. The summed E-state index contributed by atoms with van der Waals surface area (Å²) in [5.74, 6) is 0.432. The first-order valence-electron chi connectivity index (χ1n) is 12.5. The number of allylic oxidation sites excluding steroid dienone is 1. The van der Waals surface area contributed by atoms with Crippen LogP contribution in [0.5, 0.6) is 5.75 Å². The van der Waals surface area contributed by atoms with E-state index >= 15 is 0 Å². The van der Waals surface area contributed by atoms with E-state index < -0.39 is 12.2 Å². The summed E-state index contributed by atoms with van der Waals surface area (Å²) < 4.78 is 16.5. The third kappa shape index (κ3) is 7.80. The van der Waals surface area contributed by atoms with E-state index in [9.17, 15) is 9.90 Å². The predicted octanol–water partition coefficient (Wildman–Crippen LogP) is 6.40. The van der Waals surface area contributed by atoms with Gasteiger partial charge in [-0.1, -0.05) is 54.6 Å². The largest absolute Gasteiger partial charge is 0.490 e. The Hall–Kier alpha value is -3.41. The van der Waals surface area contributed by atoms with Gasteiger partial charge < -0.3 is 19.3 Å². The van der Waals surface area contributed by atoms with Gasteiger partial charge in [0, 0.05) is 13.0 Å². The predicted molar refractivity (Wildman–Crippen MR) is 144 cm³/mol. The quantitative estimate of drug-likeness (QED) is 0.299. The fraction of sp³-hybridized carbons (Fsp3) is 0.323. The summed E-state index contributed by atoms with van der Waals surface area (Å²) in [5, 5.41) is 9.84. The first kappa shape index (κ1) is 27.2. The lowest BCUT2D eigenvalue weighted by molar-refractivity contribution is -0.156. The summed E-state index contributed by atoms with van der Waals surface area (Å²) >= 11 is 0. The number of carbonyl (C=O) groups excluding carboxylic acids is 1. The zero-order chi connectivity index (χ0) is 25.9. The van der Waals surface area contributed by atoms with Crippen molar-refractivity contribution in [2.24, 2.45) is 0 Å². The number of aliphatic hydroxyl groups is 1. The molecule has 5 nitrogen and oxygen atoms in total. The molecule has 0 radical (unpaired) electrons. The Morgan fingerprint density at radius 2 is 1.67 bits per heavy atom. The smallest absolute Gasteiger partial charge is 0.335 e. The zero-order valence-corrected chi connectivity index (χ0v) is 21.6. The lowest BCUT2D eigenvalue weighted by Gasteiger charge is -2.15. The summed E-state index contributed by atoms with van der Waals surface area (Å²) in [6.45, 7) is 8.74. The van der Waals surface area contributed by atoms with Crippen LogP contribution in [0.1, 0.15) is 50.5 Å². The molecule has 1 N–H and O–H groups in total. The van der Waals surface area contributed by atoms with Crippen LogP contribution < -0.4 is 4.74 Å². The lowest BCUT2D eigenvalue weighted by atomic mass is 9.98. The molecule has 3 aromatic rings. The molecule has 0 aliphatic rings. The molecule has 0 saturated heterocycles. The highest BCUT2D eigenvalue weighted by atomic mass is 16.6. The summed E-state index contributed by atoms with van der Waals surface area (Å²) in [6.07, 6.45) is 1.44. The molecule has 0 fully saturated rings. The van der Waals surface area contributed by atoms with Gasteiger partial charge in [-0.15, -0.1) is 0 Å². The molecule has 0 amide bonds. The van der Waals surface area contributed by atoms with E-state index in [1.807, 2.05) is 49.4 Å². The Morgan fingerprint density at radius 3 is 2.31 bits per heavy atom. The second-order valence-electron chi connectivity index (χ2n) is 8.62. The van der Waals surface area contributed by atoms with Crippen molar-refractivity contribution in [1.82, 2.24) is 0 Å². The topological polar surface area (TPSA) is 65.0 Å². The molecule has 0 aliphatic carbocycles. The number of esters is 1. The minimum Gasteiger partial charge on any atom is -0.490 e. The number of carbonyl (C=O) groups is 1. The Balaban J connectivity index is 1.56. The van der Waals surface area contributed by atoms with Crippen molar-refractivity contribution >= 4 is 11.5 Å². The van der Waals surface area contributed by atoms with Crippen molar-refractivity contribution in [2.75, 3.05) is 19.8 Å². The molecule has 3 aromatic carbocycles. The van der Waals surface area contributed by atoms with Gasteiger partial charge >= 0.3 is 5.97 Å². The molecular formula is C31H36O5. The zero-order valence-electron chi connectivity index (χ0n) is 21.6. The van der Waals surface area contributed by atoms with Crippen LogP contribution in [-0.4, -0.2) is 37.0 Å². The second-order valence-corrected chi connectivity index (χ2v) is 8.62. The normalized spacial score (nSPS) is 13.2. The van der Waals surface area contributed by atoms with Gasteiger partial charge in [-0.2, -0.15) is 0 Å². The molecule has 0 bridgehead atoms. The lowest BCUT2D eigenvalue weighted by Crippen LogP contribution is -2.28. The van der Waals surface area contributed by atoms with Crippen molar-refractivity contribution in [3.05, 3.63) is 95.6 Å². The fourth-order valence-corrected chi connectivity index (χ4v) is 3.87. The first-order valence-corrected chi connectivity index (χ1v) is 12.5. The van der Waals surface area contributed by atoms with Gasteiger partial charge in [-0.25, -0.2) is 4.79 Å². The monoisotopic (exact) mass is 488 g/mol. The van der Waals surface area contributed by atoms with Crippen molar-refractivity contribution in [2.45, 2.75) is 46.3 Å². The number of ether oxygens (including phenoxy) is 3. The molecule has 0 heterocycles. The highest BCUT2D eigenvalue weighted by molar-refractivity contribution is 5.75. The van der Waals surface area contributed by atoms with Crippen LogP contribution in [0.3, 0.4) is 0 Å². The molecule has 0 aromatic heterocycles. The molecule has 190 valence electrons. The number of rotatable bonds is 12. The molecule has 0 aliphatic heterocycles. The first-order chi connectivity index (χ1) is 17.4. The number of aliphatic hydroxyl groups excluding tert-OH is 1. The van der Waals surface area contributed by atoms with Gasteiger partial charge in [0.15, 0.2) is 6.10 Å². The number of benzene rings is 3. The average molecular weight is 489 g/mol. The van der Waals surface area contributed by atoms with E-state index in [0.29, 0.717) is 26.2 Å². The Morgan fingerprint density at radius 1 is 0.944 bits per heavy atom. The van der Waals surface area contributed by atoms with Crippen molar-refractivity contribution in [3.8, 4) is 16.9 Å². The summed E-state index contributed by atoms with van der Waals surface area (Å²) in [7, 11) is 0. The molecule has 2 atom stereocenters. The average Bonchev–Trinajstić information content (AvgIpc) is 2.89. The van der Waals surface area contributed by atoms with E-state index in [1.165, 1.54) is 0 Å². The van der Waals surface area contributed by atoms with Gasteiger partial charge in [0.1, 0.15) is 12.4 Å². The van der Waals surface area contributed by atoms with Crippen LogP contribution >= 0.6 is 0 Å². The Kier molecular flexibility index (Phi) is 10.3. The van der Waals surface area contributed by atoms with Crippen molar-refractivity contribution in [1.29, 1.82) is 0 Å². The maximum atomic E-state index is 12.1. The minimum absolute atomic E-state index is 0.332. The number of hydrogen-bond acceptors (Lipinski definition) is 5. The van der Waals surface area contributed by atoms with Crippen LogP contribution in [0.4, 0.5) is 0 Å². The summed E-state index contributed by atoms with van der Waals surface area (Å²) in [4.78, 5) is 12.1. The van der Waals surface area contributed by atoms with E-state index in [0.717, 1.165) is 39.1 Å². The molecular weight excluding hydrogens is 452 g/mol. The number of hydrogen-bond donors (Lipinski definition) is 1. The van der Waals surface area contributed by atoms with Gasteiger partial charge in [-0.3, -0.25) is 0 Å². The van der Waals surface area contributed by atoms with E-state index in [4.69, 9.17) is 14.2 Å². The molecule has 0 spiro atoms. The third-order valence-electron chi connectivity index (χ3n) is 5.94. The maximum absolute atomic E-state index is 12.1. The molecule has 5 heteroatoms. The van der Waals surface area contributed by atoms with Crippen LogP contribution in [0.25, 0.3) is 16.7 Å². The van der Waals surface area contributed by atoms with Gasteiger partial charge in [0.25, 0.3) is 0 Å². The molecule has 2 unspecified atom stereocenters. The fourth-order valence-electron chi connectivity index (χ4n) is 3.87. The minimum atomic E-state index is -0.596. The summed E-state index contributed by atoms with van der Waals surface area (Å²) in [5.41, 5.74) is 6.35. The summed E-state index contributed by atoms with van der Waals surface area (Å²) in [6, 6.07) is 24.1. The van der Waals surface area contributed by atoms with Crippen LogP contribution in [0, 0.1) is 0 Å². The third-order valence-corrected chi connectivity index (χ3v) is 5.94. The van der Waals surface area contributed by atoms with Gasteiger partial charge in [-0.05, 0) is 85.4 Å². The van der Waals surface area contributed by atoms with Gasteiger partial charge in [0.05, 0.1) is 12.7 Å². The van der Waals surface area contributed by atoms with Crippen molar-refractivity contribution < 1.29 is 24.1 Å². The SMILES string of the molecule is CCOC(=O)C(Cc1ccc(OC/C=C(\C)c2ccc(-c3cccc(C(C)O)c3)cc2)cc1)OCC. The van der Waals surface area contributed by atoms with E-state index in [-0.39, 0.29) is 5.97 Å². The maximum Gasteiger partial charge on any atom is 0.335 e. The van der Waals surface area contributed by atoms with Crippen LogP contribution in [0.15, 0.2) is 78.9 Å². The van der Waals surface area contributed by atoms with E-state index in [2.05, 4.69) is 43.3 Å². The molecule has 0 saturated carbocycles. The highest BCUT2D eigenvalue weighted by Gasteiger charge is 2.20. The van der Waals surface area contributed by atoms with Crippen LogP contribution in [0.2, 0.25) is 0 Å².